The molecule has 1 aliphatic carbocycles. The minimum atomic E-state index is -3.64. The van der Waals surface area contributed by atoms with Gasteiger partial charge in [-0.3, -0.25) is 9.10 Å². The Balaban J connectivity index is 1.87. The highest BCUT2D eigenvalue weighted by molar-refractivity contribution is 7.92. The first-order valence-corrected chi connectivity index (χ1v) is 13.1. The Labute approximate surface area is 186 Å². The van der Waals surface area contributed by atoms with Gasteiger partial charge in [0, 0.05) is 0 Å². The van der Waals surface area contributed by atoms with Crippen molar-refractivity contribution in [3.05, 3.63) is 64.7 Å². The molecule has 0 saturated carbocycles. The molecule has 1 N–H and O–H groups in total. The Kier molecular flexibility index (Phi) is 7.42. The number of carbonyl (C=O) groups is 1. The summed E-state index contributed by atoms with van der Waals surface area (Å²) in [4.78, 5) is 13.3. The number of hydrogen-bond acceptors (Lipinski definition) is 3. The van der Waals surface area contributed by atoms with Gasteiger partial charge >= 0.3 is 0 Å². The second kappa shape index (κ2) is 9.86. The second-order valence-electron chi connectivity index (χ2n) is 8.53. The summed E-state index contributed by atoms with van der Waals surface area (Å²) in [5, 5.41) is 3.13. The third-order valence-corrected chi connectivity index (χ3v) is 7.27. The standard InChI is InChI=1S/C25H34N2O3S/c1-5-23(21-15-14-19-11-7-8-12-20(19)17-21)26-25(28)24(6-2)27(31(4,29)30)22-13-9-10-18(3)16-22/h9-10,13-17,23-24H,5-8,11-12H2,1-4H3,(H,26,28)/t23-,24+/m0/s1. The van der Waals surface area contributed by atoms with Crippen LogP contribution in [0.25, 0.3) is 0 Å². The quantitative estimate of drug-likeness (QED) is 0.645. The molecular weight excluding hydrogens is 408 g/mol. The number of fused-ring (bicyclic) bond motifs is 1. The molecule has 3 rings (SSSR count). The summed E-state index contributed by atoms with van der Waals surface area (Å²) in [5.41, 5.74) is 5.34. The molecule has 2 aromatic rings. The number of amides is 1. The minimum absolute atomic E-state index is 0.146. The number of nitrogens with one attached hydrogen (secondary N) is 1. The average molecular weight is 443 g/mol. The SMILES string of the molecule is CC[C@H](NC(=O)[C@@H](CC)N(c1cccc(C)c1)S(C)(=O)=O)c1ccc2c(c1)CCCC2. The molecule has 0 aliphatic heterocycles. The van der Waals surface area contributed by atoms with E-state index in [1.807, 2.05) is 32.9 Å². The van der Waals surface area contributed by atoms with Gasteiger partial charge < -0.3 is 5.32 Å². The maximum absolute atomic E-state index is 13.3. The zero-order valence-corrected chi connectivity index (χ0v) is 19.8. The van der Waals surface area contributed by atoms with Gasteiger partial charge in [0.2, 0.25) is 15.9 Å². The molecule has 31 heavy (non-hydrogen) atoms. The Morgan fingerprint density at radius 1 is 1.03 bits per heavy atom. The molecule has 5 nitrogen and oxygen atoms in total. The van der Waals surface area contributed by atoms with E-state index in [2.05, 4.69) is 23.5 Å². The third kappa shape index (κ3) is 5.48. The predicted octanol–water partition coefficient (Wildman–Crippen LogP) is 4.69. The van der Waals surface area contributed by atoms with Crippen LogP contribution in [-0.4, -0.2) is 26.6 Å². The number of nitrogens with zero attached hydrogens (tertiary/aromatic N) is 1. The van der Waals surface area contributed by atoms with E-state index in [4.69, 9.17) is 0 Å². The summed E-state index contributed by atoms with van der Waals surface area (Å²) < 4.78 is 26.6. The second-order valence-corrected chi connectivity index (χ2v) is 10.4. The summed E-state index contributed by atoms with van der Waals surface area (Å²) in [7, 11) is -3.64. The van der Waals surface area contributed by atoms with E-state index in [-0.39, 0.29) is 11.9 Å². The fourth-order valence-corrected chi connectivity index (χ4v) is 5.69. The molecular formula is C25H34N2O3S. The van der Waals surface area contributed by atoms with Crippen molar-refractivity contribution in [1.29, 1.82) is 0 Å². The zero-order valence-electron chi connectivity index (χ0n) is 19.0. The average Bonchev–Trinajstić information content (AvgIpc) is 2.74. The van der Waals surface area contributed by atoms with Crippen LogP contribution in [-0.2, 0) is 27.7 Å². The van der Waals surface area contributed by atoms with Crippen molar-refractivity contribution in [2.24, 2.45) is 0 Å². The van der Waals surface area contributed by atoms with E-state index in [0.29, 0.717) is 12.1 Å². The molecule has 0 radical (unpaired) electrons. The lowest BCUT2D eigenvalue weighted by atomic mass is 9.88. The lowest BCUT2D eigenvalue weighted by Crippen LogP contribution is -2.50. The van der Waals surface area contributed by atoms with E-state index < -0.39 is 16.1 Å². The molecule has 0 unspecified atom stereocenters. The van der Waals surface area contributed by atoms with Gasteiger partial charge in [-0.2, -0.15) is 0 Å². The molecule has 1 amide bonds. The molecule has 0 spiro atoms. The molecule has 2 aromatic carbocycles. The highest BCUT2D eigenvalue weighted by Crippen LogP contribution is 2.27. The van der Waals surface area contributed by atoms with Gasteiger partial charge in [-0.1, -0.05) is 44.2 Å². The fraction of sp³-hybridized carbons (Fsp3) is 0.480. The van der Waals surface area contributed by atoms with Crippen molar-refractivity contribution in [2.75, 3.05) is 10.6 Å². The van der Waals surface area contributed by atoms with Crippen molar-refractivity contribution >= 4 is 21.6 Å². The van der Waals surface area contributed by atoms with Crippen LogP contribution >= 0.6 is 0 Å². The number of rotatable bonds is 8. The molecule has 0 fully saturated rings. The topological polar surface area (TPSA) is 66.5 Å². The van der Waals surface area contributed by atoms with Crippen molar-refractivity contribution in [3.8, 4) is 0 Å². The molecule has 0 heterocycles. The van der Waals surface area contributed by atoms with E-state index in [1.165, 1.54) is 28.3 Å². The van der Waals surface area contributed by atoms with E-state index in [1.54, 1.807) is 12.1 Å². The maximum Gasteiger partial charge on any atom is 0.244 e. The van der Waals surface area contributed by atoms with Gasteiger partial charge in [0.15, 0.2) is 0 Å². The smallest absolute Gasteiger partial charge is 0.244 e. The third-order valence-electron chi connectivity index (χ3n) is 6.09. The summed E-state index contributed by atoms with van der Waals surface area (Å²) in [6.07, 6.45) is 6.93. The number of sulfonamides is 1. The van der Waals surface area contributed by atoms with Crippen molar-refractivity contribution in [1.82, 2.24) is 5.32 Å². The van der Waals surface area contributed by atoms with Crippen molar-refractivity contribution in [3.63, 3.8) is 0 Å². The van der Waals surface area contributed by atoms with Gasteiger partial charge in [-0.05, 0) is 79.8 Å². The first-order chi connectivity index (χ1) is 14.7. The van der Waals surface area contributed by atoms with Crippen LogP contribution in [0.4, 0.5) is 5.69 Å². The van der Waals surface area contributed by atoms with Gasteiger partial charge in [-0.25, -0.2) is 8.42 Å². The summed E-state index contributed by atoms with van der Waals surface area (Å²) >= 11 is 0. The lowest BCUT2D eigenvalue weighted by Gasteiger charge is -2.32. The number of aryl methyl sites for hydroxylation is 3. The van der Waals surface area contributed by atoms with E-state index in [0.717, 1.165) is 36.6 Å². The van der Waals surface area contributed by atoms with Crippen molar-refractivity contribution in [2.45, 2.75) is 71.4 Å². The van der Waals surface area contributed by atoms with Crippen LogP contribution in [0.5, 0.6) is 0 Å². The monoisotopic (exact) mass is 442 g/mol. The first kappa shape index (κ1) is 23.3. The van der Waals surface area contributed by atoms with Crippen LogP contribution in [0.15, 0.2) is 42.5 Å². The Hall–Kier alpha value is -2.34. The number of carbonyl (C=O) groups excluding carboxylic acids is 1. The predicted molar refractivity (Wildman–Crippen MR) is 127 cm³/mol. The summed E-state index contributed by atoms with van der Waals surface area (Å²) in [6, 6.07) is 12.8. The Morgan fingerprint density at radius 2 is 1.74 bits per heavy atom. The molecule has 0 bridgehead atoms. The number of hydrogen-bond donors (Lipinski definition) is 1. The molecule has 168 valence electrons. The summed E-state index contributed by atoms with van der Waals surface area (Å²) in [6.45, 7) is 5.80. The van der Waals surface area contributed by atoms with Crippen LogP contribution < -0.4 is 9.62 Å². The maximum atomic E-state index is 13.3. The van der Waals surface area contributed by atoms with Gasteiger partial charge in [0.05, 0.1) is 18.0 Å². The number of anilines is 1. The van der Waals surface area contributed by atoms with Crippen LogP contribution in [0.1, 0.15) is 67.8 Å². The first-order valence-electron chi connectivity index (χ1n) is 11.2. The van der Waals surface area contributed by atoms with Crippen LogP contribution in [0.2, 0.25) is 0 Å². The zero-order chi connectivity index (χ0) is 22.6. The van der Waals surface area contributed by atoms with E-state index in [9.17, 15) is 13.2 Å². The molecule has 0 saturated heterocycles. The van der Waals surface area contributed by atoms with Crippen molar-refractivity contribution < 1.29 is 13.2 Å². The highest BCUT2D eigenvalue weighted by atomic mass is 32.2. The largest absolute Gasteiger partial charge is 0.347 e. The van der Waals surface area contributed by atoms with E-state index >= 15 is 0 Å². The van der Waals surface area contributed by atoms with Crippen LogP contribution in [0, 0.1) is 6.92 Å². The molecule has 0 aromatic heterocycles. The Morgan fingerprint density at radius 3 is 2.35 bits per heavy atom. The molecule has 2 atom stereocenters. The van der Waals surface area contributed by atoms with Crippen LogP contribution in [0.3, 0.4) is 0 Å². The fourth-order valence-electron chi connectivity index (χ4n) is 4.48. The van der Waals surface area contributed by atoms with Gasteiger partial charge in [-0.15, -0.1) is 0 Å². The Bertz CT molecular complexity index is 1030. The molecule has 1 aliphatic rings. The number of benzene rings is 2. The minimum Gasteiger partial charge on any atom is -0.347 e. The lowest BCUT2D eigenvalue weighted by molar-refractivity contribution is -0.123. The highest BCUT2D eigenvalue weighted by Gasteiger charge is 2.32. The molecule has 6 heteroatoms. The van der Waals surface area contributed by atoms with Gasteiger partial charge in [0.1, 0.15) is 6.04 Å². The van der Waals surface area contributed by atoms with Gasteiger partial charge in [0.25, 0.3) is 0 Å². The summed E-state index contributed by atoms with van der Waals surface area (Å²) in [5.74, 6) is -0.265. The normalized spacial score (nSPS) is 15.6.